The molecule has 0 aliphatic carbocycles. The summed E-state index contributed by atoms with van der Waals surface area (Å²) in [7, 11) is 0. The van der Waals surface area contributed by atoms with Crippen LogP contribution in [0, 0.1) is 13.8 Å². The molecule has 18 heavy (non-hydrogen) atoms. The quantitative estimate of drug-likeness (QED) is 0.896. The van der Waals surface area contributed by atoms with Crippen molar-refractivity contribution in [2.45, 2.75) is 33.8 Å². The number of rotatable bonds is 3. The summed E-state index contributed by atoms with van der Waals surface area (Å²) < 4.78 is 11.0. The van der Waals surface area contributed by atoms with Crippen molar-refractivity contribution in [2.75, 3.05) is 13.2 Å². The topological polar surface area (TPSA) is 56.8 Å². The predicted octanol–water partition coefficient (Wildman–Crippen LogP) is 2.42. The fraction of sp³-hybridized carbons (Fsp3) is 0.500. The van der Waals surface area contributed by atoms with Gasteiger partial charge in [0.1, 0.15) is 12.4 Å². The van der Waals surface area contributed by atoms with Gasteiger partial charge in [0.2, 0.25) is 0 Å². The summed E-state index contributed by atoms with van der Waals surface area (Å²) in [5.74, 6) is 0.927. The lowest BCUT2D eigenvalue weighted by Crippen LogP contribution is -2.24. The zero-order chi connectivity index (χ0) is 13.5. The van der Waals surface area contributed by atoms with Gasteiger partial charge in [0, 0.05) is 0 Å². The van der Waals surface area contributed by atoms with E-state index in [0.29, 0.717) is 13.2 Å². The molecule has 1 aliphatic heterocycles. The van der Waals surface area contributed by atoms with Crippen molar-refractivity contribution < 1.29 is 9.47 Å². The molecule has 0 radical (unpaired) electrons. The van der Waals surface area contributed by atoms with E-state index in [0.717, 1.165) is 16.9 Å². The Morgan fingerprint density at radius 1 is 1.33 bits per heavy atom. The highest BCUT2D eigenvalue weighted by Crippen LogP contribution is 2.22. The van der Waals surface area contributed by atoms with Crippen LogP contribution in [-0.4, -0.2) is 25.3 Å². The molecular weight excluding hydrogens is 228 g/mol. The third-order valence-electron chi connectivity index (χ3n) is 2.56. The summed E-state index contributed by atoms with van der Waals surface area (Å²) >= 11 is 0. The molecule has 0 aromatic heterocycles. The van der Waals surface area contributed by atoms with Gasteiger partial charge in [0.25, 0.3) is 6.02 Å². The Morgan fingerprint density at radius 3 is 2.44 bits per heavy atom. The molecule has 4 heteroatoms. The van der Waals surface area contributed by atoms with Crippen molar-refractivity contribution in [1.29, 1.82) is 0 Å². The molecule has 1 aliphatic rings. The van der Waals surface area contributed by atoms with E-state index in [9.17, 15) is 0 Å². The number of ether oxygens (including phenoxy) is 2. The van der Waals surface area contributed by atoms with Crippen LogP contribution < -0.4 is 10.5 Å². The van der Waals surface area contributed by atoms with Crippen LogP contribution >= 0.6 is 0 Å². The fourth-order valence-corrected chi connectivity index (χ4v) is 1.73. The highest BCUT2D eigenvalue weighted by atomic mass is 16.5. The Balaban J connectivity index is 0.000000771. The van der Waals surface area contributed by atoms with Crippen LogP contribution in [-0.2, 0) is 4.74 Å². The van der Waals surface area contributed by atoms with Gasteiger partial charge in [-0.3, -0.25) is 0 Å². The van der Waals surface area contributed by atoms with Gasteiger partial charge in [-0.1, -0.05) is 32.0 Å². The van der Waals surface area contributed by atoms with Crippen LogP contribution in [0.4, 0.5) is 0 Å². The molecule has 1 aromatic rings. The van der Waals surface area contributed by atoms with Crippen molar-refractivity contribution in [3.05, 3.63) is 29.3 Å². The van der Waals surface area contributed by atoms with Gasteiger partial charge in [-0.05, 0) is 25.0 Å². The van der Waals surface area contributed by atoms with Gasteiger partial charge in [-0.15, -0.1) is 0 Å². The van der Waals surface area contributed by atoms with Crippen molar-refractivity contribution in [1.82, 2.24) is 0 Å². The summed E-state index contributed by atoms with van der Waals surface area (Å²) in [4.78, 5) is 3.97. The summed E-state index contributed by atoms with van der Waals surface area (Å²) in [5, 5.41) is 0. The van der Waals surface area contributed by atoms with Crippen molar-refractivity contribution in [3.63, 3.8) is 0 Å². The number of hydrogen-bond donors (Lipinski definition) is 1. The number of nitrogens with two attached hydrogens (primary N) is 1. The molecule has 100 valence electrons. The SMILES string of the molecule is CC.Cc1cccc(C)c1OCC1CN=C(N)O1. The minimum Gasteiger partial charge on any atom is -0.489 e. The molecule has 1 heterocycles. The Labute approximate surface area is 109 Å². The summed E-state index contributed by atoms with van der Waals surface area (Å²) in [6, 6.07) is 6.34. The van der Waals surface area contributed by atoms with Gasteiger partial charge in [-0.2, -0.15) is 0 Å². The molecule has 2 N–H and O–H groups in total. The first-order valence-corrected chi connectivity index (χ1v) is 6.32. The maximum Gasteiger partial charge on any atom is 0.282 e. The van der Waals surface area contributed by atoms with E-state index in [1.54, 1.807) is 0 Å². The highest BCUT2D eigenvalue weighted by Gasteiger charge is 2.18. The van der Waals surface area contributed by atoms with Crippen LogP contribution in [0.2, 0.25) is 0 Å². The molecule has 2 rings (SSSR count). The Kier molecular flexibility index (Phi) is 5.49. The predicted molar refractivity (Wildman–Crippen MR) is 74.1 cm³/mol. The van der Waals surface area contributed by atoms with Crippen molar-refractivity contribution in [2.24, 2.45) is 10.7 Å². The number of hydrogen-bond acceptors (Lipinski definition) is 4. The van der Waals surface area contributed by atoms with E-state index < -0.39 is 0 Å². The molecule has 1 aromatic carbocycles. The largest absolute Gasteiger partial charge is 0.489 e. The summed E-state index contributed by atoms with van der Waals surface area (Å²) in [6.07, 6.45) is -0.0565. The molecule has 0 saturated carbocycles. The number of aliphatic imine (C=N–C) groups is 1. The number of benzene rings is 1. The van der Waals surface area contributed by atoms with Crippen LogP contribution in [0.25, 0.3) is 0 Å². The van der Waals surface area contributed by atoms with E-state index in [4.69, 9.17) is 15.2 Å². The van der Waals surface area contributed by atoms with E-state index in [2.05, 4.69) is 4.99 Å². The van der Waals surface area contributed by atoms with Crippen LogP contribution in [0.15, 0.2) is 23.2 Å². The molecule has 0 saturated heterocycles. The second-order valence-corrected chi connectivity index (χ2v) is 3.95. The van der Waals surface area contributed by atoms with Gasteiger partial charge in [0.05, 0.1) is 6.54 Å². The van der Waals surface area contributed by atoms with Crippen LogP contribution in [0.5, 0.6) is 5.75 Å². The maximum absolute atomic E-state index is 5.75. The molecule has 1 atom stereocenters. The highest BCUT2D eigenvalue weighted by molar-refractivity contribution is 5.73. The standard InChI is InChI=1S/C12H16N2O2.C2H6/c1-8-4-3-5-9(2)11(8)15-7-10-6-14-12(13)16-10;1-2/h3-5,10H,6-7H2,1-2H3,(H2,13,14);1-2H3. The number of nitrogens with zero attached hydrogens (tertiary/aromatic N) is 1. The van der Waals surface area contributed by atoms with E-state index >= 15 is 0 Å². The Hall–Kier alpha value is -1.71. The van der Waals surface area contributed by atoms with Crippen LogP contribution in [0.3, 0.4) is 0 Å². The molecule has 0 bridgehead atoms. The Bertz CT molecular complexity index is 396. The second kappa shape index (κ2) is 6.89. The van der Waals surface area contributed by atoms with E-state index in [1.807, 2.05) is 45.9 Å². The first kappa shape index (κ1) is 14.4. The minimum atomic E-state index is -0.0565. The second-order valence-electron chi connectivity index (χ2n) is 3.95. The first-order valence-electron chi connectivity index (χ1n) is 6.32. The lowest BCUT2D eigenvalue weighted by molar-refractivity contribution is 0.140. The minimum absolute atomic E-state index is 0.0565. The maximum atomic E-state index is 5.75. The molecule has 0 amide bonds. The van der Waals surface area contributed by atoms with Gasteiger partial charge in [0.15, 0.2) is 6.10 Å². The van der Waals surface area contributed by atoms with Gasteiger partial charge < -0.3 is 15.2 Å². The van der Waals surface area contributed by atoms with Gasteiger partial charge in [-0.25, -0.2) is 4.99 Å². The number of amidine groups is 1. The number of para-hydroxylation sites is 1. The summed E-state index contributed by atoms with van der Waals surface area (Å²) in [6.45, 7) is 9.12. The zero-order valence-corrected chi connectivity index (χ0v) is 11.6. The van der Waals surface area contributed by atoms with Gasteiger partial charge >= 0.3 is 0 Å². The average Bonchev–Trinajstić information content (AvgIpc) is 2.77. The van der Waals surface area contributed by atoms with Crippen LogP contribution in [0.1, 0.15) is 25.0 Å². The molecular formula is C14H22N2O2. The molecule has 0 fully saturated rings. The molecule has 1 unspecified atom stereocenters. The van der Waals surface area contributed by atoms with E-state index in [-0.39, 0.29) is 12.1 Å². The van der Waals surface area contributed by atoms with Crippen molar-refractivity contribution in [3.8, 4) is 5.75 Å². The normalized spacial score (nSPS) is 17.3. The third-order valence-corrected chi connectivity index (χ3v) is 2.56. The molecule has 4 nitrogen and oxygen atoms in total. The van der Waals surface area contributed by atoms with E-state index in [1.165, 1.54) is 0 Å². The fourth-order valence-electron chi connectivity index (χ4n) is 1.73. The monoisotopic (exact) mass is 250 g/mol. The smallest absolute Gasteiger partial charge is 0.282 e. The first-order chi connectivity index (χ1) is 8.66. The molecule has 0 spiro atoms. The third kappa shape index (κ3) is 3.65. The zero-order valence-electron chi connectivity index (χ0n) is 11.6. The average molecular weight is 250 g/mol. The summed E-state index contributed by atoms with van der Waals surface area (Å²) in [5.41, 5.74) is 7.69. The lowest BCUT2D eigenvalue weighted by Gasteiger charge is -2.15. The number of aryl methyl sites for hydroxylation is 2. The Morgan fingerprint density at radius 2 is 1.94 bits per heavy atom. The lowest BCUT2D eigenvalue weighted by atomic mass is 10.1. The van der Waals surface area contributed by atoms with Crippen molar-refractivity contribution >= 4 is 6.02 Å².